The van der Waals surface area contributed by atoms with Gasteiger partial charge in [0.2, 0.25) is 10.0 Å². The summed E-state index contributed by atoms with van der Waals surface area (Å²) in [6, 6.07) is 5.86. The summed E-state index contributed by atoms with van der Waals surface area (Å²) in [7, 11) is -3.64. The summed E-state index contributed by atoms with van der Waals surface area (Å²) in [6.07, 6.45) is 5.73. The van der Waals surface area contributed by atoms with Gasteiger partial charge in [-0.1, -0.05) is 23.6 Å². The first-order chi connectivity index (χ1) is 8.96. The molecule has 0 aromatic heterocycles. The van der Waals surface area contributed by atoms with Crippen molar-refractivity contribution in [3.63, 3.8) is 0 Å². The highest BCUT2D eigenvalue weighted by Gasteiger charge is 2.37. The molecule has 0 unspecified atom stereocenters. The predicted molar refractivity (Wildman–Crippen MR) is 72.9 cm³/mol. The Hall–Kier alpha value is -1.35. The van der Waals surface area contributed by atoms with Crippen molar-refractivity contribution in [3.05, 3.63) is 29.8 Å². The molecular weight excluding hydrogens is 262 g/mol. The van der Waals surface area contributed by atoms with Crippen molar-refractivity contribution in [2.24, 2.45) is 0 Å². The molecular formula is C14H17NO3S. The maximum Gasteiger partial charge on any atom is 0.244 e. The molecule has 102 valence electrons. The standard InChI is InChI=1S/C14H17NO3S/c1-3-13-14(16)5-4-10-15(13)19(17,18)12-8-6-11(2)7-9-12/h1,6-9,13-14,16H,4-5,10H2,2H3/t13-,14+/m1/s1. The third-order valence-electron chi connectivity index (χ3n) is 3.35. The Bertz CT molecular complexity index is 586. The topological polar surface area (TPSA) is 57.6 Å². The van der Waals surface area contributed by atoms with Gasteiger partial charge < -0.3 is 5.11 Å². The van der Waals surface area contributed by atoms with Crippen molar-refractivity contribution in [3.8, 4) is 12.3 Å². The van der Waals surface area contributed by atoms with Crippen LogP contribution in [0.5, 0.6) is 0 Å². The van der Waals surface area contributed by atoms with E-state index >= 15 is 0 Å². The molecule has 0 radical (unpaired) electrons. The first kappa shape index (κ1) is 14.1. The van der Waals surface area contributed by atoms with E-state index < -0.39 is 22.2 Å². The largest absolute Gasteiger partial charge is 0.390 e. The quantitative estimate of drug-likeness (QED) is 0.826. The van der Waals surface area contributed by atoms with Gasteiger partial charge in [-0.05, 0) is 31.9 Å². The molecule has 19 heavy (non-hydrogen) atoms. The number of aryl methyl sites for hydroxylation is 1. The van der Waals surface area contributed by atoms with Crippen molar-refractivity contribution >= 4 is 10.0 Å². The van der Waals surface area contributed by atoms with Gasteiger partial charge in [-0.3, -0.25) is 0 Å². The van der Waals surface area contributed by atoms with Crippen LogP contribution in [-0.4, -0.2) is 36.5 Å². The lowest BCUT2D eigenvalue weighted by atomic mass is 10.0. The summed E-state index contributed by atoms with van der Waals surface area (Å²) in [5.41, 5.74) is 0.992. The monoisotopic (exact) mass is 279 g/mol. The van der Waals surface area contributed by atoms with Gasteiger partial charge in [0, 0.05) is 6.54 Å². The Morgan fingerprint density at radius 2 is 2.00 bits per heavy atom. The van der Waals surface area contributed by atoms with Crippen molar-refractivity contribution < 1.29 is 13.5 Å². The van der Waals surface area contributed by atoms with Crippen LogP contribution in [0.25, 0.3) is 0 Å². The molecule has 0 spiro atoms. The highest BCUT2D eigenvalue weighted by molar-refractivity contribution is 7.89. The summed E-state index contributed by atoms with van der Waals surface area (Å²) in [4.78, 5) is 0.215. The highest BCUT2D eigenvalue weighted by Crippen LogP contribution is 2.25. The second-order valence-corrected chi connectivity index (χ2v) is 6.64. The minimum Gasteiger partial charge on any atom is -0.390 e. The van der Waals surface area contributed by atoms with E-state index in [1.54, 1.807) is 24.3 Å². The zero-order chi connectivity index (χ0) is 14.0. The minimum atomic E-state index is -3.64. The van der Waals surface area contributed by atoms with E-state index in [1.165, 1.54) is 4.31 Å². The first-order valence-electron chi connectivity index (χ1n) is 6.19. The number of nitrogens with zero attached hydrogens (tertiary/aromatic N) is 1. The SMILES string of the molecule is C#C[C@@H]1[C@@H](O)CCCN1S(=O)(=O)c1ccc(C)cc1. The van der Waals surface area contributed by atoms with E-state index in [0.717, 1.165) is 5.56 Å². The van der Waals surface area contributed by atoms with Gasteiger partial charge in [-0.2, -0.15) is 4.31 Å². The molecule has 2 atom stereocenters. The average molecular weight is 279 g/mol. The van der Waals surface area contributed by atoms with Crippen LogP contribution in [0.4, 0.5) is 0 Å². The van der Waals surface area contributed by atoms with Gasteiger partial charge >= 0.3 is 0 Å². The number of aliphatic hydroxyl groups excluding tert-OH is 1. The van der Waals surface area contributed by atoms with Crippen LogP contribution in [-0.2, 0) is 10.0 Å². The molecule has 2 rings (SSSR count). The van der Waals surface area contributed by atoms with E-state index in [1.807, 2.05) is 6.92 Å². The molecule has 1 saturated heterocycles. The first-order valence-corrected chi connectivity index (χ1v) is 7.63. The molecule has 1 aliphatic heterocycles. The van der Waals surface area contributed by atoms with Crippen LogP contribution >= 0.6 is 0 Å². The third-order valence-corrected chi connectivity index (χ3v) is 5.25. The normalized spacial score (nSPS) is 24.9. The molecule has 1 aromatic rings. The summed E-state index contributed by atoms with van der Waals surface area (Å²) in [5.74, 6) is 2.39. The van der Waals surface area contributed by atoms with E-state index in [2.05, 4.69) is 5.92 Å². The number of rotatable bonds is 2. The fourth-order valence-corrected chi connectivity index (χ4v) is 3.88. The number of hydrogen-bond donors (Lipinski definition) is 1. The van der Waals surface area contributed by atoms with E-state index in [9.17, 15) is 13.5 Å². The van der Waals surface area contributed by atoms with Crippen LogP contribution in [0.3, 0.4) is 0 Å². The fraction of sp³-hybridized carbons (Fsp3) is 0.429. The Balaban J connectivity index is 2.38. The van der Waals surface area contributed by atoms with Crippen molar-refractivity contribution in [1.82, 2.24) is 4.31 Å². The van der Waals surface area contributed by atoms with Gasteiger partial charge in [0.25, 0.3) is 0 Å². The number of hydrogen-bond acceptors (Lipinski definition) is 3. The van der Waals surface area contributed by atoms with Crippen LogP contribution in [0.1, 0.15) is 18.4 Å². The zero-order valence-corrected chi connectivity index (χ0v) is 11.6. The zero-order valence-electron chi connectivity index (χ0n) is 10.8. The average Bonchev–Trinajstić information content (AvgIpc) is 2.39. The molecule has 1 aliphatic rings. The summed E-state index contributed by atoms with van der Waals surface area (Å²) < 4.78 is 26.3. The van der Waals surface area contributed by atoms with E-state index in [-0.39, 0.29) is 4.90 Å². The smallest absolute Gasteiger partial charge is 0.244 e. The van der Waals surface area contributed by atoms with Crippen LogP contribution < -0.4 is 0 Å². The predicted octanol–water partition coefficient (Wildman–Crippen LogP) is 1.14. The van der Waals surface area contributed by atoms with Gasteiger partial charge in [0.1, 0.15) is 6.04 Å². The van der Waals surface area contributed by atoms with Gasteiger partial charge in [-0.15, -0.1) is 6.42 Å². The third kappa shape index (κ3) is 2.66. The molecule has 5 heteroatoms. The fourth-order valence-electron chi connectivity index (χ4n) is 2.25. The molecule has 0 aliphatic carbocycles. The molecule has 1 aromatic carbocycles. The van der Waals surface area contributed by atoms with Crippen molar-refractivity contribution in [2.75, 3.05) is 6.54 Å². The summed E-state index contributed by atoms with van der Waals surface area (Å²) in [5, 5.41) is 9.85. The molecule has 1 N–H and O–H groups in total. The lowest BCUT2D eigenvalue weighted by molar-refractivity contribution is 0.0785. The summed E-state index contributed by atoms with van der Waals surface area (Å²) >= 11 is 0. The summed E-state index contributed by atoms with van der Waals surface area (Å²) in [6.45, 7) is 2.24. The van der Waals surface area contributed by atoms with Gasteiger partial charge in [-0.25, -0.2) is 8.42 Å². The maximum absolute atomic E-state index is 12.5. The van der Waals surface area contributed by atoms with E-state index in [0.29, 0.717) is 19.4 Å². The van der Waals surface area contributed by atoms with Crippen molar-refractivity contribution in [2.45, 2.75) is 36.8 Å². The van der Waals surface area contributed by atoms with Gasteiger partial charge in [0.05, 0.1) is 11.0 Å². The molecule has 0 amide bonds. The molecule has 0 saturated carbocycles. The van der Waals surface area contributed by atoms with Gasteiger partial charge in [0.15, 0.2) is 0 Å². The molecule has 0 bridgehead atoms. The Kier molecular flexibility index (Phi) is 3.95. The number of terminal acetylenes is 1. The van der Waals surface area contributed by atoms with Crippen LogP contribution in [0.2, 0.25) is 0 Å². The second kappa shape index (κ2) is 5.33. The number of piperidine rings is 1. The Morgan fingerprint density at radius 3 is 2.58 bits per heavy atom. The van der Waals surface area contributed by atoms with Crippen LogP contribution in [0.15, 0.2) is 29.2 Å². The molecule has 1 fully saturated rings. The maximum atomic E-state index is 12.5. The van der Waals surface area contributed by atoms with E-state index in [4.69, 9.17) is 6.42 Å². The molecule has 4 nitrogen and oxygen atoms in total. The Labute approximate surface area is 114 Å². The van der Waals surface area contributed by atoms with Crippen LogP contribution in [0, 0.1) is 19.3 Å². The number of benzene rings is 1. The highest BCUT2D eigenvalue weighted by atomic mass is 32.2. The lowest BCUT2D eigenvalue weighted by Gasteiger charge is -2.34. The number of sulfonamides is 1. The Morgan fingerprint density at radius 1 is 1.37 bits per heavy atom. The minimum absolute atomic E-state index is 0.215. The second-order valence-electron chi connectivity index (χ2n) is 4.75. The molecule has 1 heterocycles. The lowest BCUT2D eigenvalue weighted by Crippen LogP contribution is -2.50. The number of aliphatic hydroxyl groups is 1. The van der Waals surface area contributed by atoms with Crippen molar-refractivity contribution in [1.29, 1.82) is 0 Å².